The number of nitrogens with zero attached hydrogens (tertiary/aromatic N) is 4. The van der Waals surface area contributed by atoms with Gasteiger partial charge in [-0.1, -0.05) is 0 Å². The number of hydrogen-bond acceptors (Lipinski definition) is 6. The Labute approximate surface area is 185 Å². The molecule has 1 aromatic heterocycles. The third kappa shape index (κ3) is 6.28. The molecule has 31 heavy (non-hydrogen) atoms. The molecule has 0 aliphatic carbocycles. The molecule has 0 spiro atoms. The number of rotatable bonds is 2. The first-order chi connectivity index (χ1) is 14.0. The third-order valence-corrected chi connectivity index (χ3v) is 6.89. The van der Waals surface area contributed by atoms with Crippen molar-refractivity contribution < 1.29 is 31.3 Å². The summed E-state index contributed by atoms with van der Waals surface area (Å²) in [6, 6.07) is 2.41. The van der Waals surface area contributed by atoms with Crippen LogP contribution in [0.5, 0.6) is 0 Å². The van der Waals surface area contributed by atoms with Crippen LogP contribution in [0, 0.1) is 5.82 Å². The Balaban J connectivity index is 2.67. The van der Waals surface area contributed by atoms with Crippen LogP contribution in [0.25, 0.3) is 0 Å². The molecule has 1 amide bonds. The number of carbonyl (C=O) groups is 1. The van der Waals surface area contributed by atoms with Crippen molar-refractivity contribution in [1.29, 1.82) is 0 Å². The smallest absolute Gasteiger partial charge is 0.414 e. The lowest BCUT2D eigenvalue weighted by atomic mass is 10.00. The highest BCUT2D eigenvalue weighted by Crippen LogP contribution is 2.35. The van der Waals surface area contributed by atoms with Crippen molar-refractivity contribution in [3.05, 3.63) is 28.2 Å². The van der Waals surface area contributed by atoms with Gasteiger partial charge in [0.15, 0.2) is 0 Å². The highest BCUT2D eigenvalue weighted by molar-refractivity contribution is 9.10. The van der Waals surface area contributed by atoms with Crippen LogP contribution in [-0.4, -0.2) is 56.7 Å². The van der Waals surface area contributed by atoms with E-state index in [1.807, 2.05) is 0 Å². The summed E-state index contributed by atoms with van der Waals surface area (Å²) < 4.78 is 77.1. The van der Waals surface area contributed by atoms with E-state index in [1.54, 1.807) is 20.8 Å². The fourth-order valence-electron chi connectivity index (χ4n) is 2.81. The van der Waals surface area contributed by atoms with Crippen molar-refractivity contribution in [3.8, 4) is 0 Å². The van der Waals surface area contributed by atoms with Crippen LogP contribution in [0.1, 0.15) is 33.4 Å². The van der Waals surface area contributed by atoms with Crippen LogP contribution in [-0.2, 0) is 20.2 Å². The summed E-state index contributed by atoms with van der Waals surface area (Å²) in [5.41, 5.74) is -2.93. The first-order valence-electron chi connectivity index (χ1n) is 8.88. The summed E-state index contributed by atoms with van der Waals surface area (Å²) in [4.78, 5) is 20.4. The number of aromatic nitrogens is 1. The minimum absolute atomic E-state index is 0.236. The van der Waals surface area contributed by atoms with Gasteiger partial charge in [0.05, 0.1) is 5.75 Å². The number of halogens is 5. The van der Waals surface area contributed by atoms with Gasteiger partial charge >= 0.3 is 12.3 Å². The number of guanidine groups is 1. The van der Waals surface area contributed by atoms with Crippen molar-refractivity contribution in [3.63, 3.8) is 0 Å². The summed E-state index contributed by atoms with van der Waals surface area (Å²) >= 11 is 3.10. The summed E-state index contributed by atoms with van der Waals surface area (Å²) in [5, 5.41) is 2.11. The lowest BCUT2D eigenvalue weighted by molar-refractivity contribution is -0.131. The van der Waals surface area contributed by atoms with Crippen LogP contribution >= 0.6 is 15.9 Å². The maximum absolute atomic E-state index is 14.6. The van der Waals surface area contributed by atoms with E-state index in [-0.39, 0.29) is 10.3 Å². The number of pyridine rings is 1. The zero-order valence-electron chi connectivity index (χ0n) is 17.4. The third-order valence-electron chi connectivity index (χ3n) is 3.95. The maximum atomic E-state index is 14.6. The van der Waals surface area contributed by atoms with Gasteiger partial charge in [-0.25, -0.2) is 32.0 Å². The average Bonchev–Trinajstić information content (AvgIpc) is 2.57. The molecular weight excluding hydrogens is 510 g/mol. The normalized spacial score (nSPS) is 24.5. The zero-order valence-corrected chi connectivity index (χ0v) is 19.8. The SMILES string of the molecule is CN=S1(=O)CC(C)(c2nc(Br)ccc2F)N=C(NC(=O)OC(C)(C)C)N1CC(F)(F)F. The molecule has 0 radical (unpaired) electrons. The van der Waals surface area contributed by atoms with E-state index in [0.717, 1.165) is 13.1 Å². The number of nitrogens with one attached hydrogen (secondary N) is 1. The van der Waals surface area contributed by atoms with Gasteiger partial charge in [0.1, 0.15) is 43.7 Å². The van der Waals surface area contributed by atoms with Crippen molar-refractivity contribution in [2.75, 3.05) is 19.3 Å². The minimum Gasteiger partial charge on any atom is -0.444 e. The van der Waals surface area contributed by atoms with Crippen LogP contribution < -0.4 is 5.32 Å². The molecule has 174 valence electrons. The molecular formula is C17H22BrF4N5O3S. The number of carbonyl (C=O) groups excluding carboxylic acids is 1. The van der Waals surface area contributed by atoms with Crippen LogP contribution in [0.2, 0.25) is 0 Å². The van der Waals surface area contributed by atoms with E-state index in [0.29, 0.717) is 4.31 Å². The fourth-order valence-corrected chi connectivity index (χ4v) is 5.24. The average molecular weight is 532 g/mol. The number of alkyl carbamates (subject to hydrolysis) is 1. The topological polar surface area (TPSA) is 96.2 Å². The van der Waals surface area contributed by atoms with Crippen LogP contribution in [0.4, 0.5) is 22.4 Å². The van der Waals surface area contributed by atoms with Crippen LogP contribution in [0.15, 0.2) is 26.1 Å². The first kappa shape index (κ1) is 25.3. The molecule has 2 unspecified atom stereocenters. The second kappa shape index (κ2) is 8.52. The molecule has 2 heterocycles. The van der Waals surface area contributed by atoms with Gasteiger partial charge in [0.2, 0.25) is 5.96 Å². The Kier molecular flexibility index (Phi) is 6.96. The second-order valence-corrected chi connectivity index (χ2v) is 11.0. The summed E-state index contributed by atoms with van der Waals surface area (Å²) in [6.45, 7) is 4.30. The van der Waals surface area contributed by atoms with Gasteiger partial charge in [0.25, 0.3) is 0 Å². The van der Waals surface area contributed by atoms with Crippen molar-refractivity contribution in [2.24, 2.45) is 9.36 Å². The lowest BCUT2D eigenvalue weighted by Gasteiger charge is -2.39. The number of hydrogen-bond donors (Lipinski definition) is 1. The van der Waals surface area contributed by atoms with Crippen molar-refractivity contribution in [2.45, 2.75) is 45.0 Å². The van der Waals surface area contributed by atoms with E-state index in [2.05, 4.69) is 35.6 Å². The Morgan fingerprint density at radius 3 is 2.52 bits per heavy atom. The largest absolute Gasteiger partial charge is 0.444 e. The molecule has 0 bridgehead atoms. The van der Waals surface area contributed by atoms with Gasteiger partial charge < -0.3 is 4.74 Å². The number of aliphatic imine (C=N–C) groups is 1. The van der Waals surface area contributed by atoms with Crippen molar-refractivity contribution in [1.82, 2.24) is 14.6 Å². The minimum atomic E-state index is -4.79. The molecule has 1 aromatic rings. The number of amides is 1. The standard InChI is InChI=1S/C17H22BrF4N5O3S/c1-15(2,3)30-14(28)25-13-26-16(4,12-10(19)6-7-11(18)24-12)9-31(29,23-5)27(13)8-17(20,21)22/h6-7H,8-9H2,1-5H3,(H,25,26,28). The molecule has 1 aliphatic heterocycles. The molecule has 0 saturated carbocycles. The molecule has 8 nitrogen and oxygen atoms in total. The Morgan fingerprint density at radius 2 is 2.00 bits per heavy atom. The number of ether oxygens (including phenoxy) is 1. The van der Waals surface area contributed by atoms with Crippen molar-refractivity contribution >= 4 is 37.9 Å². The summed E-state index contributed by atoms with van der Waals surface area (Å²) in [5.74, 6) is -2.11. The lowest BCUT2D eigenvalue weighted by Crippen LogP contribution is -2.57. The monoisotopic (exact) mass is 531 g/mol. The zero-order chi connectivity index (χ0) is 23.8. The highest BCUT2D eigenvalue weighted by atomic mass is 79.9. The van der Waals surface area contributed by atoms with E-state index in [1.165, 1.54) is 13.0 Å². The van der Waals surface area contributed by atoms with E-state index in [9.17, 15) is 26.6 Å². The predicted molar refractivity (Wildman–Crippen MR) is 110 cm³/mol. The molecule has 0 fully saturated rings. The second-order valence-electron chi connectivity index (χ2n) is 7.89. The fraction of sp³-hybridized carbons (Fsp3) is 0.588. The molecule has 2 atom stereocenters. The van der Waals surface area contributed by atoms with Gasteiger partial charge in [0, 0.05) is 7.05 Å². The predicted octanol–water partition coefficient (Wildman–Crippen LogP) is 3.97. The van der Waals surface area contributed by atoms with Gasteiger partial charge in [-0.3, -0.25) is 5.32 Å². The molecule has 1 aliphatic rings. The summed E-state index contributed by atoms with van der Waals surface area (Å²) in [7, 11) is -2.73. The van der Waals surface area contributed by atoms with Gasteiger partial charge in [-0.05, 0) is 55.8 Å². The molecule has 0 aromatic carbocycles. The Bertz CT molecular complexity index is 1020. The molecule has 2 rings (SSSR count). The van der Waals surface area contributed by atoms with Gasteiger partial charge in [-0.2, -0.15) is 13.2 Å². The van der Waals surface area contributed by atoms with Crippen LogP contribution in [0.3, 0.4) is 0 Å². The van der Waals surface area contributed by atoms with Gasteiger partial charge in [-0.15, -0.1) is 0 Å². The number of alkyl halides is 3. The molecule has 0 saturated heterocycles. The Hall–Kier alpha value is -1.96. The highest BCUT2D eigenvalue weighted by Gasteiger charge is 2.47. The first-order valence-corrected chi connectivity index (χ1v) is 11.3. The maximum Gasteiger partial charge on any atom is 0.414 e. The molecule has 1 N–H and O–H groups in total. The summed E-state index contributed by atoms with van der Waals surface area (Å²) in [6.07, 6.45) is -5.92. The van der Waals surface area contributed by atoms with E-state index in [4.69, 9.17) is 4.74 Å². The molecule has 14 heteroatoms. The Morgan fingerprint density at radius 1 is 1.39 bits per heavy atom. The quantitative estimate of drug-likeness (QED) is 0.461. The van der Waals surface area contributed by atoms with E-state index >= 15 is 0 Å². The van der Waals surface area contributed by atoms with E-state index < -0.39 is 57.4 Å².